The Bertz CT molecular complexity index is 2810. The van der Waals surface area contributed by atoms with Crippen LogP contribution in [0.3, 0.4) is 0 Å². The van der Waals surface area contributed by atoms with Crippen LogP contribution < -0.4 is 40.5 Å². The zero-order valence-corrected chi connectivity index (χ0v) is 43.7. The zero-order chi connectivity index (χ0) is 50.0. The number of piperazine rings is 1. The van der Waals surface area contributed by atoms with Gasteiger partial charge in [-0.25, -0.2) is 18.7 Å². The van der Waals surface area contributed by atoms with E-state index in [1.165, 1.54) is 23.4 Å². The number of pyridine rings is 1. The number of carbonyl (C=O) groups is 2. The largest absolute Gasteiger partial charge is 0.494 e. The lowest BCUT2D eigenvalue weighted by atomic mass is 9.89. The van der Waals surface area contributed by atoms with Crippen molar-refractivity contribution in [2.24, 2.45) is 5.92 Å². The van der Waals surface area contributed by atoms with E-state index in [1.54, 1.807) is 39.8 Å². The molecule has 0 radical (unpaired) electrons. The Morgan fingerprint density at radius 2 is 1.55 bits per heavy atom. The smallest absolute Gasteiger partial charge is 0.234 e. The average Bonchev–Trinajstić information content (AvgIpc) is 3.36. The van der Waals surface area contributed by atoms with Gasteiger partial charge in [-0.1, -0.05) is 6.92 Å². The van der Waals surface area contributed by atoms with Crippen LogP contribution in [0.2, 0.25) is 0 Å². The number of amides is 2. The number of halogens is 3. The van der Waals surface area contributed by atoms with Gasteiger partial charge in [0.1, 0.15) is 30.3 Å². The zero-order valence-electron chi connectivity index (χ0n) is 41.2. The molecule has 3 aromatic carbocycles. The van der Waals surface area contributed by atoms with Crippen LogP contribution in [-0.4, -0.2) is 129 Å². The number of hydrogen-bond donors (Lipinski definition) is 3. The van der Waals surface area contributed by atoms with Crippen molar-refractivity contribution in [3.8, 4) is 11.6 Å². The highest BCUT2D eigenvalue weighted by molar-refractivity contribution is 9.10. The maximum atomic E-state index is 15.2. The minimum absolute atomic E-state index is 0.0696. The molecule has 1 atom stereocenters. The number of anilines is 6. The number of hydrogen-bond acceptors (Lipinski definition) is 14. The van der Waals surface area contributed by atoms with E-state index in [9.17, 15) is 14.2 Å². The molecule has 71 heavy (non-hydrogen) atoms. The van der Waals surface area contributed by atoms with Crippen LogP contribution in [0.25, 0.3) is 10.9 Å². The highest BCUT2D eigenvalue weighted by atomic mass is 79.9. The Balaban J connectivity index is 0.755. The molecule has 2 amide bonds. The molecule has 0 bridgehead atoms. The molecule has 15 nitrogen and oxygen atoms in total. The second-order valence-corrected chi connectivity index (χ2v) is 23.6. The Labute approximate surface area is 423 Å². The van der Waals surface area contributed by atoms with Gasteiger partial charge < -0.3 is 39.4 Å². The van der Waals surface area contributed by atoms with Crippen molar-refractivity contribution >= 4 is 85.6 Å². The molecule has 5 aromatic rings. The third kappa shape index (κ3) is 11.3. The molecule has 4 aliphatic rings. The molecule has 1 unspecified atom stereocenters. The molecule has 4 saturated heterocycles. The van der Waals surface area contributed by atoms with Crippen LogP contribution in [0.1, 0.15) is 68.9 Å². The summed E-state index contributed by atoms with van der Waals surface area (Å²) in [7, 11) is 0.473. The topological polar surface area (TPSA) is 157 Å². The minimum Gasteiger partial charge on any atom is -0.494 e. The number of carbonyl (C=O) groups excluding carboxylic acids is 2. The normalized spacial score (nSPS) is 19.0. The maximum absolute atomic E-state index is 15.2. The lowest BCUT2D eigenvalue weighted by molar-refractivity contribution is -0.134. The van der Waals surface area contributed by atoms with Gasteiger partial charge in [0, 0.05) is 111 Å². The van der Waals surface area contributed by atoms with Gasteiger partial charge >= 0.3 is 0 Å². The predicted octanol–water partition coefficient (Wildman–Crippen LogP) is 8.79. The Morgan fingerprint density at radius 3 is 2.21 bits per heavy atom. The van der Waals surface area contributed by atoms with E-state index in [1.807, 2.05) is 23.1 Å². The van der Waals surface area contributed by atoms with Crippen LogP contribution in [0.5, 0.6) is 11.6 Å². The summed E-state index contributed by atoms with van der Waals surface area (Å²) in [6.07, 6.45) is 7.93. The number of rotatable bonds is 15. The van der Waals surface area contributed by atoms with Crippen molar-refractivity contribution in [1.82, 2.24) is 30.1 Å². The number of aromatic nitrogens is 3. The molecule has 0 spiro atoms. The van der Waals surface area contributed by atoms with Crippen LogP contribution in [0.15, 0.2) is 59.2 Å². The molecule has 3 N–H and O–H groups in total. The molecule has 19 heteroatoms. The van der Waals surface area contributed by atoms with Gasteiger partial charge in [-0.05, 0) is 129 Å². The van der Waals surface area contributed by atoms with Crippen LogP contribution in [-0.2, 0) is 20.6 Å². The van der Waals surface area contributed by atoms with Crippen molar-refractivity contribution in [2.75, 3.05) is 107 Å². The molecular formula is C52H64BrF2N10O5P. The monoisotopic (exact) mass is 1060 g/mol. The van der Waals surface area contributed by atoms with E-state index in [0.717, 1.165) is 109 Å². The van der Waals surface area contributed by atoms with Crippen molar-refractivity contribution in [1.29, 1.82) is 0 Å². The molecule has 6 heterocycles. The van der Waals surface area contributed by atoms with Gasteiger partial charge in [0.15, 0.2) is 0 Å². The van der Waals surface area contributed by atoms with Gasteiger partial charge in [-0.3, -0.25) is 19.8 Å². The highest BCUT2D eigenvalue weighted by Crippen LogP contribution is 2.43. The summed E-state index contributed by atoms with van der Waals surface area (Å²) in [6.45, 7) is 14.4. The molecule has 0 aliphatic carbocycles. The standard InChI is InChI=1S/C52H64BrF2N10O5P/c1-6-33-27-43(59-52-56-31-38(53)50(61-52)58-42-10-9-41-36(49(42)71(4,5)68)8-12-47(57-41)70-3)45(69-2)30-44(33)65-21-16-34(17-22-65)64-25-23-62(24-26-64)18-13-32-14-19-63(20-15-32)35-28-39(54)48(40(55)29-35)37-7-11-46(66)60-51(37)67/h8-10,12,27-32,34,37H,6-7,11,13-26H2,1-5H3,(H,60,66,67)(H2,56,58,59,61). The molecule has 9 rings (SSSR count). The second-order valence-electron chi connectivity index (χ2n) is 19.5. The lowest BCUT2D eigenvalue weighted by Gasteiger charge is -2.44. The summed E-state index contributed by atoms with van der Waals surface area (Å²) in [4.78, 5) is 47.7. The van der Waals surface area contributed by atoms with Gasteiger partial charge in [-0.15, -0.1) is 0 Å². The van der Waals surface area contributed by atoms with E-state index < -0.39 is 36.5 Å². The summed E-state index contributed by atoms with van der Waals surface area (Å²) < 4.78 is 56.1. The number of aryl methyl sites for hydroxylation is 1. The van der Waals surface area contributed by atoms with E-state index >= 15 is 8.78 Å². The van der Waals surface area contributed by atoms with Gasteiger partial charge in [0.2, 0.25) is 23.6 Å². The summed E-state index contributed by atoms with van der Waals surface area (Å²) >= 11 is 3.62. The number of benzene rings is 3. The highest BCUT2D eigenvalue weighted by Gasteiger charge is 2.34. The van der Waals surface area contributed by atoms with E-state index in [-0.39, 0.29) is 18.4 Å². The fraction of sp³-hybridized carbons (Fsp3) is 0.481. The number of imide groups is 1. The number of methoxy groups -OCH3 is 2. The summed E-state index contributed by atoms with van der Waals surface area (Å²) in [5.74, 6) is -0.866. The summed E-state index contributed by atoms with van der Waals surface area (Å²) in [5.41, 5.74) is 4.78. The second kappa shape index (κ2) is 21.7. The number of fused-ring (bicyclic) bond motifs is 1. The first-order valence-electron chi connectivity index (χ1n) is 24.8. The minimum atomic E-state index is -2.78. The van der Waals surface area contributed by atoms with E-state index in [0.29, 0.717) is 62.0 Å². The van der Waals surface area contributed by atoms with Crippen molar-refractivity contribution in [3.63, 3.8) is 0 Å². The Morgan fingerprint density at radius 1 is 0.831 bits per heavy atom. The van der Waals surface area contributed by atoms with Crippen LogP contribution in [0, 0.1) is 17.6 Å². The third-order valence-electron chi connectivity index (χ3n) is 14.8. The molecule has 4 fully saturated rings. The van der Waals surface area contributed by atoms with E-state index in [4.69, 9.17) is 14.5 Å². The predicted molar refractivity (Wildman–Crippen MR) is 280 cm³/mol. The summed E-state index contributed by atoms with van der Waals surface area (Å²) in [6, 6.07) is 14.9. The van der Waals surface area contributed by atoms with Gasteiger partial charge in [0.05, 0.1) is 41.5 Å². The fourth-order valence-corrected chi connectivity index (χ4v) is 12.7. The number of nitrogens with zero attached hydrogens (tertiary/aromatic N) is 7. The Hall–Kier alpha value is -5.42. The number of piperidine rings is 3. The van der Waals surface area contributed by atoms with Crippen molar-refractivity contribution < 1.29 is 32.4 Å². The average molecular weight is 1060 g/mol. The van der Waals surface area contributed by atoms with Crippen molar-refractivity contribution in [3.05, 3.63) is 82.0 Å². The Kier molecular flexibility index (Phi) is 15.5. The van der Waals surface area contributed by atoms with Crippen LogP contribution in [0.4, 0.5) is 43.3 Å². The number of ether oxygens (including phenoxy) is 2. The van der Waals surface area contributed by atoms with Gasteiger partial charge in [0.25, 0.3) is 0 Å². The molecule has 378 valence electrons. The molecule has 4 aliphatic heterocycles. The molecule has 0 saturated carbocycles. The summed E-state index contributed by atoms with van der Waals surface area (Å²) in [5, 5.41) is 10.5. The quantitative estimate of drug-likeness (QED) is 0.0675. The molecule has 2 aromatic heterocycles. The van der Waals surface area contributed by atoms with Crippen molar-refractivity contribution in [2.45, 2.75) is 70.3 Å². The van der Waals surface area contributed by atoms with Gasteiger partial charge in [-0.2, -0.15) is 4.98 Å². The fourth-order valence-electron chi connectivity index (χ4n) is 10.9. The maximum Gasteiger partial charge on any atom is 0.234 e. The SMILES string of the molecule is CCc1cc(Nc2ncc(Br)c(Nc3ccc4nc(OC)ccc4c3P(C)(C)=O)n2)c(OC)cc1N1CCC(N2CCN(CCC3CCN(c4cc(F)c(C5CCC(=O)NC5=O)c(F)c4)CC3)CC2)CC1. The first-order valence-corrected chi connectivity index (χ1v) is 28.2. The van der Waals surface area contributed by atoms with E-state index in [2.05, 4.69) is 75.6 Å². The first-order chi connectivity index (χ1) is 34.2. The van der Waals surface area contributed by atoms with Crippen LogP contribution >= 0.6 is 23.1 Å². The third-order valence-corrected chi connectivity index (χ3v) is 16.9. The number of nitrogens with one attached hydrogen (secondary N) is 3. The first kappa shape index (κ1) is 50.5. The molecular weight excluding hydrogens is 994 g/mol. The lowest BCUT2D eigenvalue weighted by Crippen LogP contribution is -2.53.